The van der Waals surface area contributed by atoms with Gasteiger partial charge in [0.25, 0.3) is 0 Å². The van der Waals surface area contributed by atoms with E-state index in [0.29, 0.717) is 11.3 Å². The smallest absolute Gasteiger partial charge is 0.297 e. The van der Waals surface area contributed by atoms with E-state index in [2.05, 4.69) is 4.98 Å². The molecule has 8 heteroatoms. The minimum Gasteiger partial charge on any atom is -0.297 e. The van der Waals surface area contributed by atoms with E-state index in [9.17, 15) is 22.8 Å². The highest BCUT2D eigenvalue weighted by Crippen LogP contribution is 2.33. The molecule has 1 aliphatic heterocycles. The summed E-state index contributed by atoms with van der Waals surface area (Å²) in [5, 5.41) is 0.744. The summed E-state index contributed by atoms with van der Waals surface area (Å²) in [5.74, 6) is -0.818. The lowest BCUT2D eigenvalue weighted by Crippen LogP contribution is -2.24. The van der Waals surface area contributed by atoms with Crippen LogP contribution in [-0.4, -0.2) is 23.2 Å². The van der Waals surface area contributed by atoms with Crippen molar-refractivity contribution in [3.8, 4) is 0 Å². The summed E-state index contributed by atoms with van der Waals surface area (Å²) < 4.78 is 36.7. The van der Waals surface area contributed by atoms with Crippen LogP contribution in [0, 0.1) is 0 Å². The molecule has 2 rings (SSSR count). The molecular weight excluding hydrogens is 245 g/mol. The first-order chi connectivity index (χ1) is 7.38. The minimum absolute atomic E-state index is 0.0804. The number of ketones is 1. The third-order valence-electron chi connectivity index (χ3n) is 2.00. The van der Waals surface area contributed by atoms with Gasteiger partial charge in [0, 0.05) is 5.38 Å². The van der Waals surface area contributed by atoms with Crippen LogP contribution in [0.4, 0.5) is 18.3 Å². The van der Waals surface area contributed by atoms with E-state index >= 15 is 0 Å². The van der Waals surface area contributed by atoms with Crippen LogP contribution in [0.1, 0.15) is 12.1 Å². The normalized spacial score (nSPS) is 17.3. The second-order valence-corrected chi connectivity index (χ2v) is 4.04. The van der Waals surface area contributed by atoms with Crippen molar-refractivity contribution < 1.29 is 22.8 Å². The first-order valence-electron chi connectivity index (χ1n) is 4.23. The number of halogens is 3. The van der Waals surface area contributed by atoms with Gasteiger partial charge in [0.2, 0.25) is 5.91 Å². The standard InChI is InChI=1S/C8H5F3N2O2S/c9-8(10,11)5-3-16-7(12-5)13-2-4(14)1-6(13)15/h3H,1-2H2. The van der Waals surface area contributed by atoms with Crippen LogP contribution in [0.2, 0.25) is 0 Å². The fourth-order valence-electron chi connectivity index (χ4n) is 1.28. The molecule has 86 valence electrons. The second-order valence-electron chi connectivity index (χ2n) is 3.21. The number of Topliss-reactive ketones (excluding diaryl/α,β-unsaturated/α-hetero) is 1. The van der Waals surface area contributed by atoms with Crippen molar-refractivity contribution in [1.82, 2.24) is 4.98 Å². The molecule has 1 fully saturated rings. The molecule has 1 aromatic heterocycles. The topological polar surface area (TPSA) is 50.3 Å². The third-order valence-corrected chi connectivity index (χ3v) is 2.86. The fourth-order valence-corrected chi connectivity index (χ4v) is 2.13. The molecule has 1 amide bonds. The maximum Gasteiger partial charge on any atom is 0.434 e. The van der Waals surface area contributed by atoms with Gasteiger partial charge in [-0.25, -0.2) is 4.98 Å². The van der Waals surface area contributed by atoms with Gasteiger partial charge >= 0.3 is 6.18 Å². The fraction of sp³-hybridized carbons (Fsp3) is 0.375. The van der Waals surface area contributed by atoms with E-state index in [1.807, 2.05) is 0 Å². The zero-order chi connectivity index (χ0) is 11.9. The van der Waals surface area contributed by atoms with Gasteiger partial charge in [0.05, 0.1) is 13.0 Å². The number of alkyl halides is 3. The molecule has 0 aromatic carbocycles. The average Bonchev–Trinajstić information content (AvgIpc) is 2.70. The Labute approximate surface area is 91.7 Å². The first-order valence-corrected chi connectivity index (χ1v) is 5.10. The Balaban J connectivity index is 2.26. The van der Waals surface area contributed by atoms with Crippen LogP contribution in [0.5, 0.6) is 0 Å². The van der Waals surface area contributed by atoms with E-state index in [1.165, 1.54) is 0 Å². The largest absolute Gasteiger partial charge is 0.434 e. The Kier molecular flexibility index (Phi) is 2.45. The lowest BCUT2D eigenvalue weighted by Gasteiger charge is -2.09. The maximum absolute atomic E-state index is 12.2. The quantitative estimate of drug-likeness (QED) is 0.709. The third kappa shape index (κ3) is 1.92. The van der Waals surface area contributed by atoms with Crippen molar-refractivity contribution in [3.63, 3.8) is 0 Å². The van der Waals surface area contributed by atoms with Gasteiger partial charge in [0.15, 0.2) is 16.6 Å². The van der Waals surface area contributed by atoms with Crippen molar-refractivity contribution in [2.24, 2.45) is 0 Å². The highest BCUT2D eigenvalue weighted by Gasteiger charge is 2.36. The Morgan fingerprint density at radius 1 is 1.38 bits per heavy atom. The Morgan fingerprint density at radius 3 is 2.50 bits per heavy atom. The van der Waals surface area contributed by atoms with Gasteiger partial charge in [-0.15, -0.1) is 11.3 Å². The molecular formula is C8H5F3N2O2S. The molecule has 0 atom stereocenters. The van der Waals surface area contributed by atoms with Gasteiger partial charge in [-0.3, -0.25) is 14.5 Å². The zero-order valence-electron chi connectivity index (χ0n) is 7.74. The second kappa shape index (κ2) is 3.55. The van der Waals surface area contributed by atoms with Crippen molar-refractivity contribution in [2.75, 3.05) is 11.4 Å². The number of rotatable bonds is 1. The van der Waals surface area contributed by atoms with Crippen molar-refractivity contribution >= 4 is 28.2 Å². The van der Waals surface area contributed by atoms with E-state index < -0.39 is 17.8 Å². The summed E-state index contributed by atoms with van der Waals surface area (Å²) in [6.45, 7) is -0.191. The SMILES string of the molecule is O=C1CC(=O)N(c2nc(C(F)(F)F)cs2)C1. The predicted octanol–water partition coefficient (Wildman–Crippen LogP) is 1.47. The van der Waals surface area contributed by atoms with Gasteiger partial charge in [-0.1, -0.05) is 0 Å². The molecule has 1 aliphatic rings. The summed E-state index contributed by atoms with van der Waals surface area (Å²) in [7, 11) is 0. The van der Waals surface area contributed by atoms with E-state index in [0.717, 1.165) is 10.3 Å². The van der Waals surface area contributed by atoms with E-state index in [4.69, 9.17) is 0 Å². The Bertz CT molecular complexity index is 454. The van der Waals surface area contributed by atoms with E-state index in [-0.39, 0.29) is 23.9 Å². The minimum atomic E-state index is -4.53. The molecule has 1 aromatic rings. The lowest BCUT2D eigenvalue weighted by molar-refractivity contribution is -0.140. The maximum atomic E-state index is 12.2. The summed E-state index contributed by atoms with van der Waals surface area (Å²) in [4.78, 5) is 26.4. The molecule has 0 spiro atoms. The molecule has 0 radical (unpaired) electrons. The van der Waals surface area contributed by atoms with Crippen molar-refractivity contribution in [2.45, 2.75) is 12.6 Å². The molecule has 16 heavy (non-hydrogen) atoms. The van der Waals surface area contributed by atoms with Crippen molar-refractivity contribution in [3.05, 3.63) is 11.1 Å². The lowest BCUT2D eigenvalue weighted by atomic mass is 10.3. The molecule has 0 N–H and O–H groups in total. The van der Waals surface area contributed by atoms with E-state index in [1.54, 1.807) is 0 Å². The number of hydrogen-bond donors (Lipinski definition) is 0. The number of thiazole rings is 1. The summed E-state index contributed by atoms with van der Waals surface area (Å²) in [5.41, 5.74) is -1.04. The van der Waals surface area contributed by atoms with Gasteiger partial charge in [0.1, 0.15) is 0 Å². The summed E-state index contributed by atoms with van der Waals surface area (Å²) in [6.07, 6.45) is -4.79. The average molecular weight is 250 g/mol. The van der Waals surface area contributed by atoms with Crippen LogP contribution in [0.15, 0.2) is 5.38 Å². The van der Waals surface area contributed by atoms with Gasteiger partial charge in [-0.2, -0.15) is 13.2 Å². The highest BCUT2D eigenvalue weighted by molar-refractivity contribution is 7.14. The molecule has 4 nitrogen and oxygen atoms in total. The number of amides is 1. The number of anilines is 1. The highest BCUT2D eigenvalue weighted by atomic mass is 32.1. The molecule has 1 saturated heterocycles. The molecule has 0 saturated carbocycles. The van der Waals surface area contributed by atoms with Crippen molar-refractivity contribution in [1.29, 1.82) is 0 Å². The van der Waals surface area contributed by atoms with Crippen LogP contribution in [0.25, 0.3) is 0 Å². The van der Waals surface area contributed by atoms with Crippen LogP contribution < -0.4 is 4.90 Å². The number of aromatic nitrogens is 1. The first kappa shape index (κ1) is 11.1. The van der Waals surface area contributed by atoms with Crippen LogP contribution >= 0.6 is 11.3 Å². The molecule has 0 aliphatic carbocycles. The van der Waals surface area contributed by atoms with Gasteiger partial charge < -0.3 is 0 Å². The number of nitrogens with zero attached hydrogens (tertiary/aromatic N) is 2. The molecule has 2 heterocycles. The monoisotopic (exact) mass is 250 g/mol. The Morgan fingerprint density at radius 2 is 2.06 bits per heavy atom. The number of hydrogen-bond acceptors (Lipinski definition) is 4. The zero-order valence-corrected chi connectivity index (χ0v) is 8.56. The van der Waals surface area contributed by atoms with Crippen LogP contribution in [-0.2, 0) is 15.8 Å². The number of carbonyl (C=O) groups excluding carboxylic acids is 2. The molecule has 0 bridgehead atoms. The Hall–Kier alpha value is -1.44. The summed E-state index contributed by atoms with van der Waals surface area (Å²) in [6, 6.07) is 0. The number of carbonyl (C=O) groups is 2. The molecule has 0 unspecified atom stereocenters. The summed E-state index contributed by atoms with van der Waals surface area (Å²) >= 11 is 0.701. The van der Waals surface area contributed by atoms with Gasteiger partial charge in [-0.05, 0) is 0 Å². The predicted molar refractivity (Wildman–Crippen MR) is 49.1 cm³/mol. The van der Waals surface area contributed by atoms with Crippen LogP contribution in [0.3, 0.4) is 0 Å².